The predicted molar refractivity (Wildman–Crippen MR) is 71.9 cm³/mol. The maximum absolute atomic E-state index is 13.8. The Bertz CT molecular complexity index is 377. The van der Waals surface area contributed by atoms with Gasteiger partial charge < -0.3 is 5.32 Å². The van der Waals surface area contributed by atoms with E-state index in [1.807, 2.05) is 19.9 Å². The molecule has 1 aromatic rings. The molecule has 0 heterocycles. The highest BCUT2D eigenvalue weighted by molar-refractivity contribution is 6.31. The maximum Gasteiger partial charge on any atom is 0.129 e. The fraction of sp³-hybridized carbons (Fsp3) is 0.429. The van der Waals surface area contributed by atoms with Gasteiger partial charge in [-0.1, -0.05) is 36.2 Å². The Hall–Kier alpha value is -0.860. The first-order valence-corrected chi connectivity index (χ1v) is 6.26. The molecule has 0 aromatic heterocycles. The molecule has 1 rings (SSSR count). The summed E-state index contributed by atoms with van der Waals surface area (Å²) in [5.74, 6) is -0.261. The van der Waals surface area contributed by atoms with Crippen LogP contribution in [-0.4, -0.2) is 6.54 Å². The van der Waals surface area contributed by atoms with Gasteiger partial charge >= 0.3 is 0 Å². The van der Waals surface area contributed by atoms with Crippen LogP contribution in [0.25, 0.3) is 0 Å². The van der Waals surface area contributed by atoms with E-state index < -0.39 is 0 Å². The number of hydrogen-bond donors (Lipinski definition) is 1. The van der Waals surface area contributed by atoms with Crippen LogP contribution in [0.4, 0.5) is 4.39 Å². The molecule has 0 spiro atoms. The van der Waals surface area contributed by atoms with Gasteiger partial charge in [-0.15, -0.1) is 0 Å². The highest BCUT2D eigenvalue weighted by Crippen LogP contribution is 2.27. The molecular formula is C14H19ClFN. The van der Waals surface area contributed by atoms with Crippen LogP contribution in [0.3, 0.4) is 0 Å². The molecule has 1 nitrogen and oxygen atoms in total. The minimum Gasteiger partial charge on any atom is -0.307 e. The van der Waals surface area contributed by atoms with Crippen molar-refractivity contribution in [3.8, 4) is 0 Å². The van der Waals surface area contributed by atoms with Crippen LogP contribution in [0.1, 0.15) is 38.8 Å². The van der Waals surface area contributed by atoms with E-state index in [-0.39, 0.29) is 11.9 Å². The lowest BCUT2D eigenvalue weighted by atomic mass is 10.0. The van der Waals surface area contributed by atoms with Gasteiger partial charge in [-0.25, -0.2) is 4.39 Å². The highest BCUT2D eigenvalue weighted by atomic mass is 35.5. The zero-order valence-electron chi connectivity index (χ0n) is 10.6. The normalized spacial score (nSPS) is 12.3. The zero-order chi connectivity index (χ0) is 12.8. The molecule has 0 saturated heterocycles. The van der Waals surface area contributed by atoms with Crippen molar-refractivity contribution in [1.29, 1.82) is 0 Å². The maximum atomic E-state index is 13.8. The van der Waals surface area contributed by atoms with Crippen molar-refractivity contribution >= 4 is 11.6 Å². The van der Waals surface area contributed by atoms with Crippen LogP contribution in [0.15, 0.2) is 29.8 Å². The quantitative estimate of drug-likeness (QED) is 0.765. The smallest absolute Gasteiger partial charge is 0.129 e. The molecule has 3 heteroatoms. The number of halogens is 2. The van der Waals surface area contributed by atoms with Crippen LogP contribution in [0.5, 0.6) is 0 Å². The number of hydrogen-bond acceptors (Lipinski definition) is 1. The van der Waals surface area contributed by atoms with Gasteiger partial charge in [0, 0.05) is 10.6 Å². The molecule has 1 unspecified atom stereocenters. The Morgan fingerprint density at radius 2 is 2.18 bits per heavy atom. The minimum absolute atomic E-state index is 0.159. The molecule has 0 saturated carbocycles. The third-order valence-corrected chi connectivity index (χ3v) is 2.75. The number of benzene rings is 1. The largest absolute Gasteiger partial charge is 0.307 e. The van der Waals surface area contributed by atoms with Gasteiger partial charge in [0.2, 0.25) is 0 Å². The summed E-state index contributed by atoms with van der Waals surface area (Å²) >= 11 is 6.08. The average Bonchev–Trinajstić information content (AvgIpc) is 2.24. The summed E-state index contributed by atoms with van der Waals surface area (Å²) in [6.45, 7) is 6.90. The second kappa shape index (κ2) is 6.77. The third kappa shape index (κ3) is 4.14. The van der Waals surface area contributed by atoms with Crippen molar-refractivity contribution in [1.82, 2.24) is 5.32 Å². The topological polar surface area (TPSA) is 12.0 Å². The Kier molecular flexibility index (Phi) is 5.66. The van der Waals surface area contributed by atoms with Gasteiger partial charge in [-0.3, -0.25) is 0 Å². The van der Waals surface area contributed by atoms with E-state index in [2.05, 4.69) is 12.2 Å². The van der Waals surface area contributed by atoms with Crippen molar-refractivity contribution in [2.24, 2.45) is 0 Å². The van der Waals surface area contributed by atoms with E-state index in [9.17, 15) is 4.39 Å². The molecule has 0 aliphatic heterocycles. The molecule has 0 amide bonds. The van der Waals surface area contributed by atoms with Crippen molar-refractivity contribution in [2.75, 3.05) is 6.54 Å². The lowest BCUT2D eigenvalue weighted by Gasteiger charge is -2.18. The minimum atomic E-state index is -0.261. The molecule has 1 aromatic carbocycles. The molecule has 94 valence electrons. The second-order valence-electron chi connectivity index (χ2n) is 4.31. The molecule has 1 atom stereocenters. The third-order valence-electron chi connectivity index (χ3n) is 2.42. The van der Waals surface area contributed by atoms with E-state index in [1.54, 1.807) is 12.1 Å². The van der Waals surface area contributed by atoms with Crippen LogP contribution in [-0.2, 0) is 0 Å². The monoisotopic (exact) mass is 255 g/mol. The molecule has 17 heavy (non-hydrogen) atoms. The SMILES string of the molecule is CCCNC(C=C(C)C)c1c(F)cccc1Cl. The average molecular weight is 256 g/mol. The summed E-state index contributed by atoms with van der Waals surface area (Å²) in [6, 6.07) is 4.63. The van der Waals surface area contributed by atoms with Crippen molar-refractivity contribution < 1.29 is 4.39 Å². The summed E-state index contributed by atoms with van der Waals surface area (Å²) in [5, 5.41) is 3.77. The lowest BCUT2D eigenvalue weighted by molar-refractivity contribution is 0.554. The molecule has 0 fully saturated rings. The molecule has 0 radical (unpaired) electrons. The Balaban J connectivity index is 3.08. The van der Waals surface area contributed by atoms with Gasteiger partial charge in [0.1, 0.15) is 5.82 Å². The van der Waals surface area contributed by atoms with E-state index in [0.717, 1.165) is 18.5 Å². The van der Waals surface area contributed by atoms with Gasteiger partial charge in [-0.2, -0.15) is 0 Å². The molecule has 0 aliphatic carbocycles. The van der Waals surface area contributed by atoms with E-state index in [0.29, 0.717) is 10.6 Å². The van der Waals surface area contributed by atoms with E-state index in [1.165, 1.54) is 6.07 Å². The predicted octanol–water partition coefficient (Wildman–Crippen LogP) is 4.49. The summed E-state index contributed by atoms with van der Waals surface area (Å²) in [4.78, 5) is 0. The Labute approximate surface area is 108 Å². The first-order valence-electron chi connectivity index (χ1n) is 5.88. The van der Waals surface area contributed by atoms with Crippen LogP contribution < -0.4 is 5.32 Å². The first kappa shape index (κ1) is 14.2. The van der Waals surface area contributed by atoms with E-state index in [4.69, 9.17) is 11.6 Å². The summed E-state index contributed by atoms with van der Waals surface area (Å²) in [7, 11) is 0. The van der Waals surface area contributed by atoms with Gasteiger partial charge in [0.15, 0.2) is 0 Å². The fourth-order valence-electron chi connectivity index (χ4n) is 1.69. The van der Waals surface area contributed by atoms with Crippen LogP contribution in [0.2, 0.25) is 5.02 Å². The second-order valence-corrected chi connectivity index (χ2v) is 4.72. The molecular weight excluding hydrogens is 237 g/mol. The summed E-state index contributed by atoms with van der Waals surface area (Å²) in [5.41, 5.74) is 1.67. The van der Waals surface area contributed by atoms with Gasteiger partial charge in [0.25, 0.3) is 0 Å². The zero-order valence-corrected chi connectivity index (χ0v) is 11.3. The first-order chi connectivity index (χ1) is 8.06. The Morgan fingerprint density at radius 3 is 2.71 bits per heavy atom. The number of rotatable bonds is 5. The lowest BCUT2D eigenvalue weighted by Crippen LogP contribution is -2.22. The van der Waals surface area contributed by atoms with Crippen molar-refractivity contribution in [3.05, 3.63) is 46.3 Å². The van der Waals surface area contributed by atoms with Crippen LogP contribution in [0, 0.1) is 5.82 Å². The number of allylic oxidation sites excluding steroid dienone is 1. The number of nitrogens with one attached hydrogen (secondary N) is 1. The van der Waals surface area contributed by atoms with E-state index >= 15 is 0 Å². The van der Waals surface area contributed by atoms with Crippen LogP contribution >= 0.6 is 11.6 Å². The summed E-state index contributed by atoms with van der Waals surface area (Å²) < 4.78 is 13.8. The van der Waals surface area contributed by atoms with Crippen molar-refractivity contribution in [3.63, 3.8) is 0 Å². The van der Waals surface area contributed by atoms with Crippen molar-refractivity contribution in [2.45, 2.75) is 33.2 Å². The Morgan fingerprint density at radius 1 is 1.47 bits per heavy atom. The van der Waals surface area contributed by atoms with Gasteiger partial charge in [0.05, 0.1) is 6.04 Å². The molecule has 0 aliphatic rings. The summed E-state index contributed by atoms with van der Waals surface area (Å²) in [6.07, 6.45) is 3.00. The highest BCUT2D eigenvalue weighted by Gasteiger charge is 2.16. The van der Waals surface area contributed by atoms with Gasteiger partial charge in [-0.05, 0) is 38.9 Å². The molecule has 1 N–H and O–H groups in total. The standard InChI is InChI=1S/C14H19ClFN/c1-4-8-17-13(9-10(2)3)14-11(15)6-5-7-12(14)16/h5-7,9,13,17H,4,8H2,1-3H3. The molecule has 0 bridgehead atoms. The fourth-order valence-corrected chi connectivity index (χ4v) is 1.97.